The Bertz CT molecular complexity index is 171. The van der Waals surface area contributed by atoms with E-state index in [9.17, 15) is 4.79 Å². The summed E-state index contributed by atoms with van der Waals surface area (Å²) in [5.74, 6) is 0. The summed E-state index contributed by atoms with van der Waals surface area (Å²) < 4.78 is 9.47. The maximum Gasteiger partial charge on any atom is 0.293 e. The minimum atomic E-state index is 0.431. The van der Waals surface area contributed by atoms with Gasteiger partial charge in [-0.15, -0.1) is 0 Å². The van der Waals surface area contributed by atoms with Crippen LogP contribution in [0.5, 0.6) is 0 Å². The van der Waals surface area contributed by atoms with Crippen LogP contribution in [-0.4, -0.2) is 38.4 Å². The Morgan fingerprint density at radius 3 is 2.53 bits per heavy atom. The zero-order chi connectivity index (χ0) is 11.0. The summed E-state index contributed by atoms with van der Waals surface area (Å²) >= 11 is 0. The molecule has 1 N–H and O–H groups in total. The van der Waals surface area contributed by atoms with Crippen LogP contribution < -0.4 is 5.32 Å². The molecule has 0 aromatic heterocycles. The van der Waals surface area contributed by atoms with E-state index < -0.39 is 0 Å². The second kappa shape index (κ2) is 6.80. The molecule has 1 spiro atoms. The fraction of sp³-hybridized carbons (Fsp3) is 0.909. The molecule has 0 unspecified atom stereocenters. The zero-order valence-corrected chi connectivity index (χ0v) is 9.46. The van der Waals surface area contributed by atoms with Gasteiger partial charge in [0.15, 0.2) is 0 Å². The molecule has 88 valence electrons. The lowest BCUT2D eigenvalue weighted by molar-refractivity contribution is -0.128. The fourth-order valence-electron chi connectivity index (χ4n) is 2.13. The van der Waals surface area contributed by atoms with E-state index in [4.69, 9.17) is 4.74 Å². The Morgan fingerprint density at radius 1 is 1.40 bits per heavy atom. The molecule has 2 fully saturated rings. The quantitative estimate of drug-likeness (QED) is 0.701. The van der Waals surface area contributed by atoms with E-state index in [1.54, 1.807) is 6.92 Å². The van der Waals surface area contributed by atoms with Crippen LogP contribution in [0.1, 0.15) is 32.6 Å². The predicted octanol–water partition coefficient (Wildman–Crippen LogP) is 1.10. The molecule has 2 aliphatic rings. The molecule has 2 heterocycles. The van der Waals surface area contributed by atoms with E-state index >= 15 is 0 Å². The van der Waals surface area contributed by atoms with Gasteiger partial charge < -0.3 is 14.8 Å². The average molecular weight is 215 g/mol. The molecule has 0 atom stereocenters. The van der Waals surface area contributed by atoms with Crippen molar-refractivity contribution in [2.24, 2.45) is 0 Å². The molecule has 0 amide bonds. The van der Waals surface area contributed by atoms with E-state index in [-0.39, 0.29) is 0 Å². The Labute approximate surface area is 91.3 Å². The number of hydrogen-bond donors (Lipinski definition) is 1. The van der Waals surface area contributed by atoms with E-state index in [1.165, 1.54) is 32.2 Å². The summed E-state index contributed by atoms with van der Waals surface area (Å²) in [5, 5.41) is 3.59. The highest BCUT2D eigenvalue weighted by Crippen LogP contribution is 2.29. The molecular weight excluding hydrogens is 194 g/mol. The number of carbonyl (C=O) groups is 1. The minimum absolute atomic E-state index is 0.431. The average Bonchev–Trinajstić information content (AvgIpc) is 2.70. The standard InChI is InChI=1S/C8H15NO.C3H6O2/c1-2-8(9-5-1)3-6-10-7-4-8;1-2-5-3-4/h9H,1-7H2;3H,2H2,1H3. The predicted molar refractivity (Wildman–Crippen MR) is 57.7 cm³/mol. The smallest absolute Gasteiger partial charge is 0.293 e. The normalized spacial score (nSPS) is 23.0. The third-order valence-electron chi connectivity index (χ3n) is 3.02. The first-order valence-electron chi connectivity index (χ1n) is 5.71. The lowest BCUT2D eigenvalue weighted by atomic mass is 9.89. The Hall–Kier alpha value is -0.610. The first-order chi connectivity index (χ1) is 7.33. The maximum atomic E-state index is 9.18. The van der Waals surface area contributed by atoms with E-state index in [2.05, 4.69) is 10.1 Å². The molecule has 2 rings (SSSR count). The molecule has 2 aliphatic heterocycles. The van der Waals surface area contributed by atoms with Crippen molar-refractivity contribution in [1.29, 1.82) is 0 Å². The van der Waals surface area contributed by atoms with Crippen LogP contribution in [0.25, 0.3) is 0 Å². The fourth-order valence-corrected chi connectivity index (χ4v) is 2.13. The van der Waals surface area contributed by atoms with Crippen molar-refractivity contribution >= 4 is 6.47 Å². The monoisotopic (exact) mass is 215 g/mol. The molecule has 0 bridgehead atoms. The van der Waals surface area contributed by atoms with Gasteiger partial charge in [0.2, 0.25) is 0 Å². The van der Waals surface area contributed by atoms with Crippen molar-refractivity contribution in [3.05, 3.63) is 0 Å². The molecule has 0 saturated carbocycles. The summed E-state index contributed by atoms with van der Waals surface area (Å²) in [7, 11) is 0. The highest BCUT2D eigenvalue weighted by atomic mass is 16.5. The largest absolute Gasteiger partial charge is 0.468 e. The van der Waals surface area contributed by atoms with Gasteiger partial charge in [0.1, 0.15) is 0 Å². The van der Waals surface area contributed by atoms with Gasteiger partial charge in [0.05, 0.1) is 6.61 Å². The van der Waals surface area contributed by atoms with Crippen LogP contribution in [0.3, 0.4) is 0 Å². The summed E-state index contributed by atoms with van der Waals surface area (Å²) in [5.41, 5.74) is 0.498. The topological polar surface area (TPSA) is 47.6 Å². The second-order valence-corrected chi connectivity index (χ2v) is 3.97. The van der Waals surface area contributed by atoms with Crippen LogP contribution in [0.15, 0.2) is 0 Å². The lowest BCUT2D eigenvalue weighted by Crippen LogP contribution is -2.44. The van der Waals surface area contributed by atoms with Crippen molar-refractivity contribution < 1.29 is 14.3 Å². The summed E-state index contributed by atoms with van der Waals surface area (Å²) in [4.78, 5) is 9.18. The van der Waals surface area contributed by atoms with Gasteiger partial charge in [-0.3, -0.25) is 4.79 Å². The molecule has 0 aromatic rings. The van der Waals surface area contributed by atoms with Crippen LogP contribution >= 0.6 is 0 Å². The number of hydrogen-bond acceptors (Lipinski definition) is 4. The van der Waals surface area contributed by atoms with Gasteiger partial charge in [-0.05, 0) is 39.2 Å². The molecule has 4 nitrogen and oxygen atoms in total. The first kappa shape index (κ1) is 12.5. The summed E-state index contributed by atoms with van der Waals surface area (Å²) in [6.07, 6.45) is 5.19. The maximum absolute atomic E-state index is 9.18. The number of ether oxygens (including phenoxy) is 2. The first-order valence-corrected chi connectivity index (χ1v) is 5.71. The number of nitrogens with one attached hydrogen (secondary N) is 1. The molecular formula is C11H21NO3. The molecule has 4 heteroatoms. The molecule has 0 aromatic carbocycles. The third-order valence-corrected chi connectivity index (χ3v) is 3.02. The van der Waals surface area contributed by atoms with Crippen LogP contribution in [0.2, 0.25) is 0 Å². The Kier molecular flexibility index (Phi) is 5.65. The number of rotatable bonds is 2. The zero-order valence-electron chi connectivity index (χ0n) is 9.46. The number of carbonyl (C=O) groups excluding carboxylic acids is 1. The van der Waals surface area contributed by atoms with Crippen LogP contribution in [-0.2, 0) is 14.3 Å². The van der Waals surface area contributed by atoms with Gasteiger partial charge >= 0.3 is 0 Å². The molecule has 2 saturated heterocycles. The summed E-state index contributed by atoms with van der Waals surface area (Å²) in [6.45, 7) is 5.82. The van der Waals surface area contributed by atoms with E-state index in [0.717, 1.165) is 13.2 Å². The third kappa shape index (κ3) is 4.18. The van der Waals surface area contributed by atoms with E-state index in [1.807, 2.05) is 0 Å². The SMILES string of the molecule is C1CNC2(C1)CCOCC2.CCOC=O. The Morgan fingerprint density at radius 2 is 2.13 bits per heavy atom. The van der Waals surface area contributed by atoms with Gasteiger partial charge in [0.25, 0.3) is 6.47 Å². The van der Waals surface area contributed by atoms with Crippen molar-refractivity contribution in [2.75, 3.05) is 26.4 Å². The van der Waals surface area contributed by atoms with Gasteiger partial charge in [-0.25, -0.2) is 0 Å². The molecule has 0 radical (unpaired) electrons. The van der Waals surface area contributed by atoms with Crippen molar-refractivity contribution in [2.45, 2.75) is 38.1 Å². The van der Waals surface area contributed by atoms with Gasteiger partial charge in [-0.2, -0.15) is 0 Å². The van der Waals surface area contributed by atoms with E-state index in [0.29, 0.717) is 18.6 Å². The van der Waals surface area contributed by atoms with Gasteiger partial charge in [-0.1, -0.05) is 0 Å². The van der Waals surface area contributed by atoms with Gasteiger partial charge in [0, 0.05) is 18.8 Å². The van der Waals surface area contributed by atoms with Crippen molar-refractivity contribution in [3.8, 4) is 0 Å². The molecule has 0 aliphatic carbocycles. The summed E-state index contributed by atoms with van der Waals surface area (Å²) in [6, 6.07) is 0. The van der Waals surface area contributed by atoms with Crippen LogP contribution in [0.4, 0.5) is 0 Å². The second-order valence-electron chi connectivity index (χ2n) is 3.97. The minimum Gasteiger partial charge on any atom is -0.468 e. The highest BCUT2D eigenvalue weighted by Gasteiger charge is 2.34. The molecule has 15 heavy (non-hydrogen) atoms. The van der Waals surface area contributed by atoms with Crippen molar-refractivity contribution in [3.63, 3.8) is 0 Å². The highest BCUT2D eigenvalue weighted by molar-refractivity contribution is 5.36. The Balaban J connectivity index is 0.000000195. The lowest BCUT2D eigenvalue weighted by Gasteiger charge is -2.33. The van der Waals surface area contributed by atoms with Crippen LogP contribution in [0, 0.1) is 0 Å². The van der Waals surface area contributed by atoms with Crippen molar-refractivity contribution in [1.82, 2.24) is 5.32 Å².